The Balaban J connectivity index is 4.70. The van der Waals surface area contributed by atoms with E-state index in [1.165, 1.54) is 302 Å². The summed E-state index contributed by atoms with van der Waals surface area (Å²) in [6.45, 7) is 9.37. The van der Waals surface area contributed by atoms with E-state index in [0.29, 0.717) is 0 Å². The third kappa shape index (κ3) is 51.5. The molecule has 0 bridgehead atoms. The summed E-state index contributed by atoms with van der Waals surface area (Å²) >= 11 is 0. The average molecular weight is 902 g/mol. The predicted molar refractivity (Wildman–Crippen MR) is 297 cm³/mol. The van der Waals surface area contributed by atoms with Crippen molar-refractivity contribution in [2.24, 2.45) is 0 Å². The fourth-order valence-corrected chi connectivity index (χ4v) is 16.7. The molecule has 63 heavy (non-hydrogen) atoms. The minimum absolute atomic E-state index is 1.19. The van der Waals surface area contributed by atoms with Gasteiger partial charge in [-0.3, -0.25) is 0 Å². The molecule has 0 aromatic rings. The monoisotopic (exact) mass is 901 g/mol. The lowest BCUT2D eigenvalue weighted by Crippen LogP contribution is -2.34. The van der Waals surface area contributed by atoms with E-state index < -0.39 is 8.07 Å². The first-order valence-corrected chi connectivity index (χ1v) is 34.1. The minimum atomic E-state index is -1.19. The van der Waals surface area contributed by atoms with Crippen LogP contribution in [0.4, 0.5) is 0 Å². The van der Waals surface area contributed by atoms with Crippen molar-refractivity contribution >= 4 is 8.07 Å². The van der Waals surface area contributed by atoms with Crippen molar-refractivity contribution < 1.29 is 0 Å². The number of hydrogen-bond donors (Lipinski definition) is 0. The highest BCUT2D eigenvalue weighted by Crippen LogP contribution is 2.35. The van der Waals surface area contributed by atoms with Crippen LogP contribution >= 0.6 is 0 Å². The summed E-state index contributed by atoms with van der Waals surface area (Å²) in [7, 11) is -1.19. The molecular weight excluding hydrogens is 773 g/mol. The second-order valence-corrected chi connectivity index (χ2v) is 27.2. The maximum absolute atomic E-state index is 2.38. The lowest BCUT2D eigenvalue weighted by atomic mass is 10.0. The normalized spacial score (nSPS) is 12.0. The van der Waals surface area contributed by atoms with Gasteiger partial charge in [0.15, 0.2) is 0 Å². The van der Waals surface area contributed by atoms with Crippen LogP contribution in [0.5, 0.6) is 0 Å². The third-order valence-corrected chi connectivity index (χ3v) is 21.4. The van der Waals surface area contributed by atoms with Crippen LogP contribution in [0.2, 0.25) is 24.2 Å². The summed E-state index contributed by atoms with van der Waals surface area (Å²) in [6, 6.07) is 6.77. The zero-order chi connectivity index (χ0) is 45.5. The van der Waals surface area contributed by atoms with Crippen LogP contribution in [-0.4, -0.2) is 8.07 Å². The fraction of sp³-hybridized carbons (Fsp3) is 1.00. The molecule has 0 aliphatic carbocycles. The lowest BCUT2D eigenvalue weighted by Gasteiger charge is -2.33. The first kappa shape index (κ1) is 63.2. The van der Waals surface area contributed by atoms with Crippen molar-refractivity contribution in [3.8, 4) is 0 Å². The Kier molecular flexibility index (Phi) is 56.7. The Labute approximate surface area is 404 Å². The Morgan fingerprint density at radius 1 is 0.127 bits per heavy atom. The molecule has 0 heterocycles. The molecule has 0 aromatic heterocycles. The Morgan fingerprint density at radius 3 is 0.333 bits per heavy atom. The number of unbranched alkanes of at least 4 members (excludes halogenated alkanes) is 50. The molecule has 0 atom stereocenters. The summed E-state index contributed by atoms with van der Waals surface area (Å²) in [6.07, 6.45) is 80.7. The highest BCUT2D eigenvalue weighted by molar-refractivity contribution is 6.79. The van der Waals surface area contributed by atoms with Gasteiger partial charge in [-0.05, 0) is 0 Å². The van der Waals surface area contributed by atoms with Crippen molar-refractivity contribution in [2.45, 2.75) is 399 Å². The van der Waals surface area contributed by atoms with Gasteiger partial charge in [0.05, 0.1) is 8.07 Å². The second-order valence-electron chi connectivity index (χ2n) is 22.2. The van der Waals surface area contributed by atoms with Crippen molar-refractivity contribution in [3.05, 3.63) is 0 Å². The molecule has 0 amide bonds. The van der Waals surface area contributed by atoms with E-state index in [0.717, 1.165) is 0 Å². The fourth-order valence-electron chi connectivity index (χ4n) is 11.2. The molecule has 380 valence electrons. The van der Waals surface area contributed by atoms with Crippen LogP contribution in [0.3, 0.4) is 0 Å². The van der Waals surface area contributed by atoms with E-state index in [1.807, 2.05) is 0 Å². The molecule has 0 saturated heterocycles. The van der Waals surface area contributed by atoms with Crippen molar-refractivity contribution in [1.29, 1.82) is 0 Å². The van der Waals surface area contributed by atoms with Gasteiger partial charge in [-0.2, -0.15) is 0 Å². The van der Waals surface area contributed by atoms with E-state index in [1.54, 1.807) is 69.1 Å². The number of rotatable bonds is 58. The van der Waals surface area contributed by atoms with Crippen molar-refractivity contribution in [1.82, 2.24) is 0 Å². The standard InChI is InChI=1S/C62H128Si/c1-5-9-13-17-21-24-27-30-33-36-39-42-45-48-52-56-60-63(59-55-51-20-16-12-8-4,61-57-53-49-46-43-40-37-34-31-28-25-22-18-14-10-6-2)62-58-54-50-47-44-41-38-35-32-29-26-23-19-15-11-7-3/h5-62H2,1-4H3. The van der Waals surface area contributed by atoms with Crippen LogP contribution in [0, 0.1) is 0 Å². The molecular formula is C62H128Si. The topological polar surface area (TPSA) is 0 Å². The van der Waals surface area contributed by atoms with E-state index in [4.69, 9.17) is 0 Å². The quantitative estimate of drug-likeness (QED) is 0.0421. The van der Waals surface area contributed by atoms with Gasteiger partial charge in [0.2, 0.25) is 0 Å². The maximum Gasteiger partial charge on any atom is 0.0535 e. The Morgan fingerprint density at radius 2 is 0.222 bits per heavy atom. The first-order chi connectivity index (χ1) is 31.2. The summed E-state index contributed by atoms with van der Waals surface area (Å²) in [4.78, 5) is 0. The zero-order valence-electron chi connectivity index (χ0n) is 45.5. The molecule has 0 radical (unpaired) electrons. The molecule has 0 aliphatic rings. The van der Waals surface area contributed by atoms with Crippen LogP contribution in [0.1, 0.15) is 374 Å². The maximum atomic E-state index is 2.38. The van der Waals surface area contributed by atoms with Gasteiger partial charge in [0.1, 0.15) is 0 Å². The Hall–Kier alpha value is 0.217. The smallest absolute Gasteiger partial charge is 0.0535 e. The van der Waals surface area contributed by atoms with E-state index >= 15 is 0 Å². The molecule has 0 N–H and O–H groups in total. The van der Waals surface area contributed by atoms with E-state index in [-0.39, 0.29) is 0 Å². The van der Waals surface area contributed by atoms with Gasteiger partial charge >= 0.3 is 0 Å². The van der Waals surface area contributed by atoms with Gasteiger partial charge in [0, 0.05) is 0 Å². The molecule has 0 aliphatic heterocycles. The molecule has 0 saturated carbocycles. The van der Waals surface area contributed by atoms with Gasteiger partial charge in [-0.1, -0.05) is 399 Å². The number of hydrogen-bond acceptors (Lipinski definition) is 0. The first-order valence-electron chi connectivity index (χ1n) is 31.2. The van der Waals surface area contributed by atoms with Crippen molar-refractivity contribution in [3.63, 3.8) is 0 Å². The Bertz CT molecular complexity index is 685. The molecule has 0 unspecified atom stereocenters. The lowest BCUT2D eigenvalue weighted by molar-refractivity contribution is 0.529. The highest BCUT2D eigenvalue weighted by Gasteiger charge is 2.30. The molecule has 1 heteroatoms. The average Bonchev–Trinajstić information content (AvgIpc) is 3.29. The minimum Gasteiger partial charge on any atom is -0.0654 e. The summed E-state index contributed by atoms with van der Waals surface area (Å²) in [5.41, 5.74) is 0. The molecule has 0 spiro atoms. The van der Waals surface area contributed by atoms with Crippen LogP contribution in [0.25, 0.3) is 0 Å². The van der Waals surface area contributed by atoms with Crippen LogP contribution in [-0.2, 0) is 0 Å². The van der Waals surface area contributed by atoms with E-state index in [2.05, 4.69) is 27.7 Å². The largest absolute Gasteiger partial charge is 0.0654 e. The van der Waals surface area contributed by atoms with Gasteiger partial charge in [-0.25, -0.2) is 0 Å². The SMILES string of the molecule is CCCCCCCCCCCCCCCCCC[Si](CCCCCCCC)(CCCCCCCCCCCCCCCCCC)CCCCCCCCCCCCCCCCCC. The highest BCUT2D eigenvalue weighted by atomic mass is 28.3. The summed E-state index contributed by atoms with van der Waals surface area (Å²) in [5, 5.41) is 0. The summed E-state index contributed by atoms with van der Waals surface area (Å²) < 4.78 is 0. The summed E-state index contributed by atoms with van der Waals surface area (Å²) in [5.74, 6) is 0. The third-order valence-electron chi connectivity index (χ3n) is 15.7. The second kappa shape index (κ2) is 56.5. The van der Waals surface area contributed by atoms with Crippen LogP contribution < -0.4 is 0 Å². The van der Waals surface area contributed by atoms with Gasteiger partial charge < -0.3 is 0 Å². The molecule has 0 aromatic carbocycles. The molecule has 0 rings (SSSR count). The predicted octanol–water partition coefficient (Wildman–Crippen LogP) is 24.6. The van der Waals surface area contributed by atoms with Crippen molar-refractivity contribution in [2.75, 3.05) is 0 Å². The zero-order valence-corrected chi connectivity index (χ0v) is 46.5. The van der Waals surface area contributed by atoms with Crippen LogP contribution in [0.15, 0.2) is 0 Å². The van der Waals surface area contributed by atoms with Gasteiger partial charge in [-0.15, -0.1) is 0 Å². The molecule has 0 fully saturated rings. The van der Waals surface area contributed by atoms with E-state index in [9.17, 15) is 0 Å². The molecule has 0 nitrogen and oxygen atoms in total. The van der Waals surface area contributed by atoms with Gasteiger partial charge in [0.25, 0.3) is 0 Å².